The van der Waals surface area contributed by atoms with Crippen molar-refractivity contribution in [1.82, 2.24) is 9.88 Å². The standard InChI is InChI=1S/C14H14ClFN2O5S/c1-8-11(14(19)18-24(20,21)7-6-22-2)13(17-23-8)12-9(15)4-3-5-10(12)16/h3-5H,6-7H2,1-2H3,(H,18,19). The van der Waals surface area contributed by atoms with Crippen molar-refractivity contribution < 1.29 is 26.9 Å². The number of nitrogens with one attached hydrogen (secondary N) is 1. The molecule has 0 radical (unpaired) electrons. The van der Waals surface area contributed by atoms with Crippen LogP contribution < -0.4 is 4.72 Å². The molecule has 0 fully saturated rings. The summed E-state index contributed by atoms with van der Waals surface area (Å²) >= 11 is 5.96. The summed E-state index contributed by atoms with van der Waals surface area (Å²) in [5.74, 6) is -2.08. The average molecular weight is 377 g/mol. The van der Waals surface area contributed by atoms with E-state index in [0.29, 0.717) is 0 Å². The van der Waals surface area contributed by atoms with E-state index in [2.05, 4.69) is 9.89 Å². The van der Waals surface area contributed by atoms with Crippen molar-refractivity contribution in [2.24, 2.45) is 0 Å². The number of benzene rings is 1. The molecule has 7 nitrogen and oxygen atoms in total. The minimum Gasteiger partial charge on any atom is -0.384 e. The maximum atomic E-state index is 14.1. The molecular formula is C14H14ClFN2O5S. The van der Waals surface area contributed by atoms with Crippen LogP contribution in [0.4, 0.5) is 4.39 Å². The zero-order valence-corrected chi connectivity index (χ0v) is 14.4. The maximum Gasteiger partial charge on any atom is 0.270 e. The summed E-state index contributed by atoms with van der Waals surface area (Å²) < 4.78 is 49.2. The van der Waals surface area contributed by atoms with E-state index >= 15 is 0 Å². The van der Waals surface area contributed by atoms with Gasteiger partial charge in [0.15, 0.2) is 0 Å². The smallest absolute Gasteiger partial charge is 0.270 e. The number of halogens is 2. The first-order valence-corrected chi connectivity index (χ1v) is 8.74. The predicted octanol–water partition coefficient (Wildman–Crippen LogP) is 2.15. The van der Waals surface area contributed by atoms with Crippen LogP contribution in [0.25, 0.3) is 11.3 Å². The Bertz CT molecular complexity index is 846. The van der Waals surface area contributed by atoms with Gasteiger partial charge in [0.05, 0.1) is 22.9 Å². The molecule has 2 aromatic rings. The van der Waals surface area contributed by atoms with E-state index in [0.717, 1.165) is 6.07 Å². The number of nitrogens with zero attached hydrogens (tertiary/aromatic N) is 1. The maximum absolute atomic E-state index is 14.1. The quantitative estimate of drug-likeness (QED) is 0.829. The second kappa shape index (κ2) is 7.29. The molecule has 1 amide bonds. The van der Waals surface area contributed by atoms with Gasteiger partial charge in [-0.2, -0.15) is 0 Å². The number of carbonyl (C=O) groups excluding carboxylic acids is 1. The van der Waals surface area contributed by atoms with Gasteiger partial charge >= 0.3 is 0 Å². The summed E-state index contributed by atoms with van der Waals surface area (Å²) in [5, 5.41) is 3.65. The highest BCUT2D eigenvalue weighted by Crippen LogP contribution is 2.33. The van der Waals surface area contributed by atoms with E-state index in [4.69, 9.17) is 16.1 Å². The Morgan fingerprint density at radius 1 is 1.46 bits per heavy atom. The molecule has 1 heterocycles. The van der Waals surface area contributed by atoms with Gasteiger partial charge in [0.1, 0.15) is 22.8 Å². The monoisotopic (exact) mass is 376 g/mol. The van der Waals surface area contributed by atoms with E-state index in [1.807, 2.05) is 4.72 Å². The summed E-state index contributed by atoms with van der Waals surface area (Å²) in [6, 6.07) is 3.95. The number of ether oxygens (including phenoxy) is 1. The fourth-order valence-electron chi connectivity index (χ4n) is 1.97. The van der Waals surface area contributed by atoms with Gasteiger partial charge in [0.2, 0.25) is 10.0 Å². The number of hydrogen-bond acceptors (Lipinski definition) is 6. The third-order valence-corrected chi connectivity index (χ3v) is 4.61. The van der Waals surface area contributed by atoms with Gasteiger partial charge in [-0.15, -0.1) is 0 Å². The Morgan fingerprint density at radius 3 is 2.79 bits per heavy atom. The van der Waals surface area contributed by atoms with Crippen molar-refractivity contribution in [3.63, 3.8) is 0 Å². The summed E-state index contributed by atoms with van der Waals surface area (Å²) in [4.78, 5) is 12.3. The summed E-state index contributed by atoms with van der Waals surface area (Å²) in [6.45, 7) is 1.32. The molecule has 0 aliphatic rings. The molecule has 1 aromatic carbocycles. The topological polar surface area (TPSA) is 98.5 Å². The summed E-state index contributed by atoms with van der Waals surface area (Å²) in [6.07, 6.45) is 0. The highest BCUT2D eigenvalue weighted by atomic mass is 35.5. The molecule has 130 valence electrons. The molecular weight excluding hydrogens is 363 g/mol. The van der Waals surface area contributed by atoms with Crippen molar-refractivity contribution in [1.29, 1.82) is 0 Å². The molecule has 0 bridgehead atoms. The van der Waals surface area contributed by atoms with E-state index in [1.54, 1.807) is 0 Å². The van der Waals surface area contributed by atoms with Crippen LogP contribution in [0, 0.1) is 12.7 Å². The van der Waals surface area contributed by atoms with E-state index in [-0.39, 0.29) is 34.2 Å². The molecule has 0 saturated carbocycles. The lowest BCUT2D eigenvalue weighted by Gasteiger charge is -2.08. The van der Waals surface area contributed by atoms with Crippen molar-refractivity contribution in [3.05, 3.63) is 40.4 Å². The number of aromatic nitrogens is 1. The highest BCUT2D eigenvalue weighted by Gasteiger charge is 2.27. The molecule has 24 heavy (non-hydrogen) atoms. The van der Waals surface area contributed by atoms with Gasteiger partial charge in [-0.1, -0.05) is 22.8 Å². The Kier molecular flexibility index (Phi) is 5.58. The number of methoxy groups -OCH3 is 1. The van der Waals surface area contributed by atoms with Crippen molar-refractivity contribution >= 4 is 27.5 Å². The highest BCUT2D eigenvalue weighted by molar-refractivity contribution is 7.90. The van der Waals surface area contributed by atoms with Crippen LogP contribution in [-0.4, -0.2) is 39.0 Å². The normalized spacial score (nSPS) is 11.5. The van der Waals surface area contributed by atoms with Gasteiger partial charge in [0, 0.05) is 7.11 Å². The molecule has 0 unspecified atom stereocenters. The number of amides is 1. The molecule has 1 N–H and O–H groups in total. The van der Waals surface area contributed by atoms with Gasteiger partial charge < -0.3 is 9.26 Å². The second-order valence-corrected chi connectivity index (χ2v) is 7.05. The zero-order valence-electron chi connectivity index (χ0n) is 12.8. The van der Waals surface area contributed by atoms with E-state index < -0.39 is 27.5 Å². The average Bonchev–Trinajstić information content (AvgIpc) is 2.86. The lowest BCUT2D eigenvalue weighted by Crippen LogP contribution is -2.34. The molecule has 10 heteroatoms. The lowest BCUT2D eigenvalue weighted by atomic mass is 10.1. The van der Waals surface area contributed by atoms with Crippen molar-refractivity contribution in [3.8, 4) is 11.3 Å². The Labute approximate surface area is 142 Å². The molecule has 0 aliphatic carbocycles. The van der Waals surface area contributed by atoms with Crippen LogP contribution >= 0.6 is 11.6 Å². The van der Waals surface area contributed by atoms with Crippen molar-refractivity contribution in [2.45, 2.75) is 6.92 Å². The first kappa shape index (κ1) is 18.4. The van der Waals surface area contributed by atoms with Gasteiger partial charge in [-0.3, -0.25) is 4.79 Å². The number of carbonyl (C=O) groups is 1. The van der Waals surface area contributed by atoms with Crippen molar-refractivity contribution in [2.75, 3.05) is 19.5 Å². The third kappa shape index (κ3) is 3.92. The number of rotatable bonds is 6. The van der Waals surface area contributed by atoms with Crippen LogP contribution in [0.2, 0.25) is 5.02 Å². The van der Waals surface area contributed by atoms with Gasteiger partial charge in [-0.05, 0) is 19.1 Å². The van der Waals surface area contributed by atoms with Crippen LogP contribution in [0.3, 0.4) is 0 Å². The fraction of sp³-hybridized carbons (Fsp3) is 0.286. The Hall–Kier alpha value is -1.97. The number of aryl methyl sites for hydroxylation is 1. The number of sulfonamides is 1. The van der Waals surface area contributed by atoms with Crippen LogP contribution in [0.15, 0.2) is 22.7 Å². The lowest BCUT2D eigenvalue weighted by molar-refractivity contribution is 0.0980. The zero-order chi connectivity index (χ0) is 17.9. The first-order valence-electron chi connectivity index (χ1n) is 6.71. The third-order valence-electron chi connectivity index (χ3n) is 3.09. The van der Waals surface area contributed by atoms with Crippen LogP contribution in [0.5, 0.6) is 0 Å². The van der Waals surface area contributed by atoms with Crippen LogP contribution in [0.1, 0.15) is 16.1 Å². The minimum absolute atomic E-state index is 0.0135. The van der Waals surface area contributed by atoms with Crippen LogP contribution in [-0.2, 0) is 14.8 Å². The number of hydrogen-bond donors (Lipinski definition) is 1. The molecule has 1 aromatic heterocycles. The van der Waals surface area contributed by atoms with Gasteiger partial charge in [0.25, 0.3) is 5.91 Å². The summed E-state index contributed by atoms with van der Waals surface area (Å²) in [7, 11) is -2.59. The largest absolute Gasteiger partial charge is 0.384 e. The molecule has 0 atom stereocenters. The Balaban J connectivity index is 2.42. The first-order chi connectivity index (χ1) is 11.3. The molecule has 0 spiro atoms. The fourth-order valence-corrected chi connectivity index (χ4v) is 3.10. The Morgan fingerprint density at radius 2 is 2.17 bits per heavy atom. The van der Waals surface area contributed by atoms with Gasteiger partial charge in [-0.25, -0.2) is 17.5 Å². The molecule has 2 rings (SSSR count). The van der Waals surface area contributed by atoms with E-state index in [9.17, 15) is 17.6 Å². The molecule has 0 saturated heterocycles. The SMILES string of the molecule is COCCS(=O)(=O)NC(=O)c1c(-c2c(F)cccc2Cl)noc1C. The minimum atomic E-state index is -3.93. The summed E-state index contributed by atoms with van der Waals surface area (Å²) in [5.41, 5.74) is -0.520. The predicted molar refractivity (Wildman–Crippen MR) is 84.8 cm³/mol. The molecule has 0 aliphatic heterocycles. The van der Waals surface area contributed by atoms with E-state index in [1.165, 1.54) is 26.2 Å². The second-order valence-electron chi connectivity index (χ2n) is 4.80.